The maximum absolute atomic E-state index is 8.99. The second kappa shape index (κ2) is 4.84. The molecule has 2 nitrogen and oxygen atoms in total. The van der Waals surface area contributed by atoms with Crippen molar-refractivity contribution in [1.82, 2.24) is 0 Å². The maximum Gasteiger partial charge on any atom is 0.143 e. The van der Waals surface area contributed by atoms with Crippen LogP contribution in [0.4, 0.5) is 0 Å². The number of aliphatic hydroxyl groups excluding tert-OH is 1. The Morgan fingerprint density at radius 2 is 2.08 bits per heavy atom. The maximum atomic E-state index is 8.99. The number of ether oxygens (including phenoxy) is 1. The van der Waals surface area contributed by atoms with Gasteiger partial charge in [0.1, 0.15) is 5.75 Å². The van der Waals surface area contributed by atoms with Crippen LogP contribution in [0.25, 0.3) is 0 Å². The lowest BCUT2D eigenvalue weighted by Gasteiger charge is -2.10. The molecule has 0 bridgehead atoms. The van der Waals surface area contributed by atoms with E-state index in [0.29, 0.717) is 21.7 Å². The fourth-order valence-corrected chi connectivity index (χ4v) is 2.04. The van der Waals surface area contributed by atoms with Gasteiger partial charge in [-0.3, -0.25) is 0 Å². The Morgan fingerprint density at radius 3 is 2.54 bits per heavy atom. The molecule has 72 valence electrons. The molecule has 13 heavy (non-hydrogen) atoms. The van der Waals surface area contributed by atoms with E-state index in [1.165, 1.54) is 0 Å². The van der Waals surface area contributed by atoms with Gasteiger partial charge >= 0.3 is 0 Å². The highest BCUT2D eigenvalue weighted by atomic mass is 79.9. The van der Waals surface area contributed by atoms with Crippen molar-refractivity contribution in [3.8, 4) is 5.75 Å². The molecule has 0 aliphatic carbocycles. The molecule has 0 spiro atoms. The number of halogens is 2. The van der Waals surface area contributed by atoms with E-state index in [4.69, 9.17) is 21.4 Å². The number of benzene rings is 1. The zero-order chi connectivity index (χ0) is 9.84. The van der Waals surface area contributed by atoms with Crippen molar-refractivity contribution in [2.45, 2.75) is 11.9 Å². The van der Waals surface area contributed by atoms with Crippen molar-refractivity contribution in [3.63, 3.8) is 0 Å². The summed E-state index contributed by atoms with van der Waals surface area (Å²) in [4.78, 5) is 0. The topological polar surface area (TPSA) is 29.5 Å². The average molecular weight is 266 g/mol. The van der Waals surface area contributed by atoms with Crippen LogP contribution in [0.5, 0.6) is 5.75 Å². The highest BCUT2D eigenvalue weighted by molar-refractivity contribution is 9.08. The summed E-state index contributed by atoms with van der Waals surface area (Å²) in [5, 5.41) is 10.2. The number of rotatable bonds is 3. The van der Waals surface area contributed by atoms with Crippen molar-refractivity contribution >= 4 is 27.5 Å². The minimum atomic E-state index is -0.0640. The van der Waals surface area contributed by atoms with E-state index in [1.54, 1.807) is 13.2 Å². The van der Waals surface area contributed by atoms with E-state index >= 15 is 0 Å². The number of aliphatic hydroxyl groups is 1. The summed E-state index contributed by atoms with van der Waals surface area (Å²) < 4.78 is 5.10. The average Bonchev–Trinajstić information content (AvgIpc) is 2.17. The van der Waals surface area contributed by atoms with Crippen molar-refractivity contribution in [3.05, 3.63) is 28.3 Å². The molecule has 0 heterocycles. The molecule has 0 unspecified atom stereocenters. The molecule has 0 amide bonds. The van der Waals surface area contributed by atoms with Gasteiger partial charge in [0.15, 0.2) is 0 Å². The summed E-state index contributed by atoms with van der Waals surface area (Å²) in [5.41, 5.74) is 1.66. The van der Waals surface area contributed by atoms with Gasteiger partial charge in [0.2, 0.25) is 0 Å². The second-order valence-corrected chi connectivity index (χ2v) is 3.46. The number of hydrogen-bond donors (Lipinski definition) is 1. The first-order chi connectivity index (χ1) is 6.24. The summed E-state index contributed by atoms with van der Waals surface area (Å²) >= 11 is 9.34. The van der Waals surface area contributed by atoms with Gasteiger partial charge in [0, 0.05) is 10.9 Å². The predicted molar refractivity (Wildman–Crippen MR) is 56.6 cm³/mol. The van der Waals surface area contributed by atoms with Gasteiger partial charge in [-0.25, -0.2) is 0 Å². The van der Waals surface area contributed by atoms with Crippen LogP contribution < -0.4 is 4.74 Å². The van der Waals surface area contributed by atoms with Crippen LogP contribution in [0.3, 0.4) is 0 Å². The summed E-state index contributed by atoms with van der Waals surface area (Å²) in [5.74, 6) is 0.557. The standard InChI is InChI=1S/C9H10BrClO2/c1-13-9-7(5-12)3-2-6(4-10)8(9)11/h2-3,12H,4-5H2,1H3. The fraction of sp³-hybridized carbons (Fsp3) is 0.333. The predicted octanol–water partition coefficient (Wildman–Crippen LogP) is 2.74. The first kappa shape index (κ1) is 10.8. The van der Waals surface area contributed by atoms with Crippen molar-refractivity contribution in [1.29, 1.82) is 0 Å². The van der Waals surface area contributed by atoms with Crippen LogP contribution in [-0.4, -0.2) is 12.2 Å². The van der Waals surface area contributed by atoms with E-state index in [2.05, 4.69) is 15.9 Å². The van der Waals surface area contributed by atoms with Crippen LogP contribution in [-0.2, 0) is 11.9 Å². The highest BCUT2D eigenvalue weighted by Gasteiger charge is 2.10. The largest absolute Gasteiger partial charge is 0.495 e. The summed E-state index contributed by atoms with van der Waals surface area (Å²) in [6.45, 7) is -0.0640. The molecular weight excluding hydrogens is 255 g/mol. The SMILES string of the molecule is COc1c(CO)ccc(CBr)c1Cl. The van der Waals surface area contributed by atoms with Crippen LogP contribution >= 0.6 is 27.5 Å². The van der Waals surface area contributed by atoms with E-state index in [9.17, 15) is 0 Å². The van der Waals surface area contributed by atoms with Crippen LogP contribution in [0.15, 0.2) is 12.1 Å². The number of methoxy groups -OCH3 is 1. The molecule has 0 fully saturated rings. The third-order valence-corrected chi connectivity index (χ3v) is 2.80. The van der Waals surface area contributed by atoms with Gasteiger partial charge in [-0.05, 0) is 5.56 Å². The molecule has 0 radical (unpaired) electrons. The van der Waals surface area contributed by atoms with E-state index in [-0.39, 0.29) is 6.61 Å². The van der Waals surface area contributed by atoms with Gasteiger partial charge in [0.25, 0.3) is 0 Å². The molecule has 1 N–H and O–H groups in total. The second-order valence-electron chi connectivity index (χ2n) is 2.52. The third kappa shape index (κ3) is 2.16. The van der Waals surface area contributed by atoms with Crippen molar-refractivity contribution in [2.75, 3.05) is 7.11 Å². The Kier molecular flexibility index (Phi) is 4.03. The van der Waals surface area contributed by atoms with Crippen LogP contribution in [0.1, 0.15) is 11.1 Å². The zero-order valence-electron chi connectivity index (χ0n) is 7.18. The normalized spacial score (nSPS) is 10.2. The molecule has 1 aromatic rings. The van der Waals surface area contributed by atoms with Crippen molar-refractivity contribution in [2.24, 2.45) is 0 Å². The lowest BCUT2D eigenvalue weighted by atomic mass is 10.1. The lowest BCUT2D eigenvalue weighted by molar-refractivity contribution is 0.274. The highest BCUT2D eigenvalue weighted by Crippen LogP contribution is 2.33. The van der Waals surface area contributed by atoms with Gasteiger partial charge in [-0.2, -0.15) is 0 Å². The molecule has 0 saturated carbocycles. The Bertz CT molecular complexity index is 302. The number of alkyl halides is 1. The quantitative estimate of drug-likeness (QED) is 0.852. The first-order valence-electron chi connectivity index (χ1n) is 3.75. The van der Waals surface area contributed by atoms with Gasteiger partial charge in [-0.1, -0.05) is 39.7 Å². The molecular formula is C9H10BrClO2. The third-order valence-electron chi connectivity index (χ3n) is 1.78. The lowest BCUT2D eigenvalue weighted by Crippen LogP contribution is -1.95. The van der Waals surface area contributed by atoms with Gasteiger partial charge in [0.05, 0.1) is 18.7 Å². The van der Waals surface area contributed by atoms with E-state index < -0.39 is 0 Å². The summed E-state index contributed by atoms with van der Waals surface area (Å²) in [7, 11) is 1.54. The number of hydrogen-bond acceptors (Lipinski definition) is 2. The minimum absolute atomic E-state index is 0.0640. The minimum Gasteiger partial charge on any atom is -0.495 e. The molecule has 0 saturated heterocycles. The molecule has 0 aliphatic rings. The van der Waals surface area contributed by atoms with Gasteiger partial charge in [-0.15, -0.1) is 0 Å². The Hall–Kier alpha value is -0.250. The molecule has 1 rings (SSSR count). The fourth-order valence-electron chi connectivity index (χ4n) is 1.09. The van der Waals surface area contributed by atoms with E-state index in [1.807, 2.05) is 6.07 Å². The Labute approximate surface area is 90.6 Å². The monoisotopic (exact) mass is 264 g/mol. The molecule has 0 atom stereocenters. The molecule has 0 aromatic heterocycles. The zero-order valence-corrected chi connectivity index (χ0v) is 9.52. The molecule has 4 heteroatoms. The molecule has 0 aliphatic heterocycles. The van der Waals surface area contributed by atoms with Crippen LogP contribution in [0, 0.1) is 0 Å². The van der Waals surface area contributed by atoms with E-state index in [0.717, 1.165) is 5.56 Å². The first-order valence-corrected chi connectivity index (χ1v) is 5.25. The smallest absolute Gasteiger partial charge is 0.143 e. The summed E-state index contributed by atoms with van der Waals surface area (Å²) in [6, 6.07) is 3.67. The Balaban J connectivity index is 3.23. The van der Waals surface area contributed by atoms with Gasteiger partial charge < -0.3 is 9.84 Å². The van der Waals surface area contributed by atoms with Crippen molar-refractivity contribution < 1.29 is 9.84 Å². The Morgan fingerprint density at radius 1 is 1.46 bits per heavy atom. The summed E-state index contributed by atoms with van der Waals surface area (Å²) in [6.07, 6.45) is 0. The van der Waals surface area contributed by atoms with Crippen LogP contribution in [0.2, 0.25) is 5.02 Å². The molecule has 1 aromatic carbocycles.